The average molecular weight is 388 g/mol. The van der Waals surface area contributed by atoms with Gasteiger partial charge in [-0.1, -0.05) is 54.6 Å². The molecule has 2 rings (SSSR count). The normalized spacial score (nSPS) is 26.2. The third-order valence-corrected chi connectivity index (χ3v) is 5.41. The van der Waals surface area contributed by atoms with Crippen LogP contribution in [0.2, 0.25) is 0 Å². The van der Waals surface area contributed by atoms with E-state index in [0.29, 0.717) is 25.7 Å². The number of aryl methyl sites for hydroxylation is 1. The van der Waals surface area contributed by atoms with E-state index >= 15 is 0 Å². The van der Waals surface area contributed by atoms with E-state index in [1.807, 2.05) is 48.6 Å². The minimum atomic E-state index is -0.596. The van der Waals surface area contributed by atoms with E-state index in [9.17, 15) is 20.1 Å². The lowest BCUT2D eigenvalue weighted by Gasteiger charge is -2.19. The SMILES string of the molecule is NC(=O)CCC/C=C/C[C@@H]1[C@@H](/C=C\[C@@H](O)CCc2ccccc2)[C@H](O)C[C@@H]1O. The molecule has 154 valence electrons. The van der Waals surface area contributed by atoms with Crippen molar-refractivity contribution < 1.29 is 20.1 Å². The number of carbonyl (C=O) groups excluding carboxylic acids is 1. The fourth-order valence-electron chi connectivity index (χ4n) is 3.78. The van der Waals surface area contributed by atoms with Crippen LogP contribution in [0.3, 0.4) is 0 Å². The molecular weight excluding hydrogens is 354 g/mol. The molecule has 5 atom stereocenters. The summed E-state index contributed by atoms with van der Waals surface area (Å²) in [6.45, 7) is 0. The van der Waals surface area contributed by atoms with Crippen molar-refractivity contribution in [1.29, 1.82) is 0 Å². The maximum Gasteiger partial charge on any atom is 0.217 e. The Morgan fingerprint density at radius 2 is 1.93 bits per heavy atom. The highest BCUT2D eigenvalue weighted by atomic mass is 16.3. The van der Waals surface area contributed by atoms with Gasteiger partial charge in [-0.3, -0.25) is 4.79 Å². The number of aliphatic hydroxyl groups excluding tert-OH is 3. The Hall–Kier alpha value is -1.95. The van der Waals surface area contributed by atoms with E-state index in [1.54, 1.807) is 6.08 Å². The summed E-state index contributed by atoms with van der Waals surface area (Å²) >= 11 is 0. The topological polar surface area (TPSA) is 104 Å². The summed E-state index contributed by atoms with van der Waals surface area (Å²) in [6.07, 6.45) is 10.2. The summed E-state index contributed by atoms with van der Waals surface area (Å²) < 4.78 is 0. The Balaban J connectivity index is 1.82. The van der Waals surface area contributed by atoms with E-state index in [1.165, 1.54) is 5.56 Å². The summed E-state index contributed by atoms with van der Waals surface area (Å²) in [4.78, 5) is 10.7. The second kappa shape index (κ2) is 11.8. The molecule has 1 aromatic rings. The summed E-state index contributed by atoms with van der Waals surface area (Å²) in [5.41, 5.74) is 6.30. The van der Waals surface area contributed by atoms with Crippen LogP contribution in [0, 0.1) is 11.8 Å². The number of rotatable bonds is 11. The first-order valence-electron chi connectivity index (χ1n) is 10.2. The Kier molecular flexibility index (Phi) is 9.41. The van der Waals surface area contributed by atoms with Gasteiger partial charge in [-0.25, -0.2) is 0 Å². The van der Waals surface area contributed by atoms with Crippen LogP contribution in [0.1, 0.15) is 44.1 Å². The number of carbonyl (C=O) groups is 1. The second-order valence-electron chi connectivity index (χ2n) is 7.65. The molecule has 5 heteroatoms. The van der Waals surface area contributed by atoms with Gasteiger partial charge in [0.2, 0.25) is 5.91 Å². The molecule has 5 N–H and O–H groups in total. The molecular formula is C23H33NO4. The van der Waals surface area contributed by atoms with Gasteiger partial charge in [-0.2, -0.15) is 0 Å². The Bertz CT molecular complexity index is 643. The van der Waals surface area contributed by atoms with Gasteiger partial charge in [-0.15, -0.1) is 0 Å². The lowest BCUT2D eigenvalue weighted by molar-refractivity contribution is -0.118. The molecule has 0 aromatic heterocycles. The van der Waals surface area contributed by atoms with E-state index in [-0.39, 0.29) is 17.7 Å². The summed E-state index contributed by atoms with van der Waals surface area (Å²) in [7, 11) is 0. The zero-order valence-corrected chi connectivity index (χ0v) is 16.4. The molecule has 5 nitrogen and oxygen atoms in total. The fourth-order valence-corrected chi connectivity index (χ4v) is 3.78. The van der Waals surface area contributed by atoms with Gasteiger partial charge >= 0.3 is 0 Å². The van der Waals surface area contributed by atoms with Crippen molar-refractivity contribution in [1.82, 2.24) is 0 Å². The van der Waals surface area contributed by atoms with Crippen molar-refractivity contribution in [3.8, 4) is 0 Å². The molecule has 0 bridgehead atoms. The second-order valence-corrected chi connectivity index (χ2v) is 7.65. The van der Waals surface area contributed by atoms with Crippen molar-refractivity contribution in [3.05, 3.63) is 60.2 Å². The maximum atomic E-state index is 10.7. The lowest BCUT2D eigenvalue weighted by atomic mass is 9.89. The molecule has 1 amide bonds. The first-order valence-corrected chi connectivity index (χ1v) is 10.2. The number of nitrogens with two attached hydrogens (primary N) is 1. The number of allylic oxidation sites excluding steroid dienone is 2. The molecule has 0 heterocycles. The number of benzene rings is 1. The third-order valence-electron chi connectivity index (χ3n) is 5.41. The summed E-state index contributed by atoms with van der Waals surface area (Å²) in [6, 6.07) is 10.0. The number of amides is 1. The van der Waals surface area contributed by atoms with Crippen LogP contribution in [-0.2, 0) is 11.2 Å². The van der Waals surface area contributed by atoms with E-state index < -0.39 is 18.3 Å². The Morgan fingerprint density at radius 1 is 1.18 bits per heavy atom. The van der Waals surface area contributed by atoms with Crippen molar-refractivity contribution in [2.45, 2.75) is 63.3 Å². The van der Waals surface area contributed by atoms with Crippen molar-refractivity contribution in [2.24, 2.45) is 17.6 Å². The molecule has 1 aliphatic rings. The Labute approximate surface area is 167 Å². The van der Waals surface area contributed by atoms with Gasteiger partial charge in [0.05, 0.1) is 18.3 Å². The molecule has 0 radical (unpaired) electrons. The van der Waals surface area contributed by atoms with Crippen LogP contribution in [0.5, 0.6) is 0 Å². The van der Waals surface area contributed by atoms with Crippen LogP contribution in [0.4, 0.5) is 0 Å². The van der Waals surface area contributed by atoms with Gasteiger partial charge < -0.3 is 21.1 Å². The molecule has 0 saturated heterocycles. The minimum Gasteiger partial charge on any atom is -0.393 e. The van der Waals surface area contributed by atoms with Crippen LogP contribution in [-0.4, -0.2) is 39.5 Å². The highest BCUT2D eigenvalue weighted by molar-refractivity contribution is 5.73. The van der Waals surface area contributed by atoms with Crippen molar-refractivity contribution in [2.75, 3.05) is 0 Å². The van der Waals surface area contributed by atoms with Gasteiger partial charge in [0, 0.05) is 18.8 Å². The first kappa shape index (κ1) is 22.3. The van der Waals surface area contributed by atoms with Crippen LogP contribution >= 0.6 is 0 Å². The fraction of sp³-hybridized carbons (Fsp3) is 0.522. The number of hydrogen-bond donors (Lipinski definition) is 4. The number of primary amides is 1. The number of aliphatic hydroxyl groups is 3. The molecule has 0 aliphatic heterocycles. The van der Waals surface area contributed by atoms with Gasteiger partial charge in [0.1, 0.15) is 0 Å². The molecule has 28 heavy (non-hydrogen) atoms. The Morgan fingerprint density at radius 3 is 2.64 bits per heavy atom. The highest BCUT2D eigenvalue weighted by Crippen LogP contribution is 2.36. The lowest BCUT2D eigenvalue weighted by Crippen LogP contribution is -2.20. The number of unbranched alkanes of at least 4 members (excludes halogenated alkanes) is 1. The molecule has 1 saturated carbocycles. The third kappa shape index (κ3) is 7.58. The molecule has 1 fully saturated rings. The van der Waals surface area contributed by atoms with E-state index in [2.05, 4.69) is 0 Å². The van der Waals surface area contributed by atoms with Crippen molar-refractivity contribution in [3.63, 3.8) is 0 Å². The largest absolute Gasteiger partial charge is 0.393 e. The smallest absolute Gasteiger partial charge is 0.217 e. The first-order chi connectivity index (χ1) is 13.5. The predicted molar refractivity (Wildman–Crippen MR) is 110 cm³/mol. The molecule has 0 spiro atoms. The quantitative estimate of drug-likeness (QED) is 0.346. The van der Waals surface area contributed by atoms with E-state index in [4.69, 9.17) is 5.73 Å². The monoisotopic (exact) mass is 387 g/mol. The predicted octanol–water partition coefficient (Wildman–Crippen LogP) is 2.50. The van der Waals surface area contributed by atoms with Crippen LogP contribution < -0.4 is 5.73 Å². The van der Waals surface area contributed by atoms with Crippen LogP contribution in [0.25, 0.3) is 0 Å². The minimum absolute atomic E-state index is 0.0695. The average Bonchev–Trinajstić information content (AvgIpc) is 2.94. The van der Waals surface area contributed by atoms with Crippen LogP contribution in [0.15, 0.2) is 54.6 Å². The summed E-state index contributed by atoms with van der Waals surface area (Å²) in [5, 5.41) is 30.8. The van der Waals surface area contributed by atoms with E-state index in [0.717, 1.165) is 19.3 Å². The van der Waals surface area contributed by atoms with Crippen molar-refractivity contribution >= 4 is 5.91 Å². The molecule has 1 aromatic carbocycles. The van der Waals surface area contributed by atoms with Gasteiger partial charge in [-0.05, 0) is 43.6 Å². The maximum absolute atomic E-state index is 10.7. The zero-order chi connectivity index (χ0) is 20.4. The molecule has 0 unspecified atom stereocenters. The highest BCUT2D eigenvalue weighted by Gasteiger charge is 2.39. The standard InChI is InChI=1S/C23H33NO4/c24-23(28)11-7-2-1-6-10-19-20(22(27)16-21(19)26)15-14-18(25)13-12-17-8-4-3-5-9-17/h1,3-6,8-9,14-15,18-22,25-27H,2,7,10-13,16H2,(H2,24,28)/b6-1+,15-14-/t18-,19+,20+,21-,22+/m0/s1. The van der Waals surface area contributed by atoms with Gasteiger partial charge in [0.25, 0.3) is 0 Å². The zero-order valence-electron chi connectivity index (χ0n) is 16.4. The molecule has 1 aliphatic carbocycles. The van der Waals surface area contributed by atoms with Gasteiger partial charge in [0.15, 0.2) is 0 Å². The summed E-state index contributed by atoms with van der Waals surface area (Å²) in [5.74, 6) is -0.532. The number of hydrogen-bond acceptors (Lipinski definition) is 4.